The Morgan fingerprint density at radius 1 is 1.00 bits per heavy atom. The van der Waals surface area contributed by atoms with Crippen LogP contribution in [0.4, 0.5) is 0 Å². The van der Waals surface area contributed by atoms with Crippen molar-refractivity contribution in [1.82, 2.24) is 4.57 Å². The van der Waals surface area contributed by atoms with E-state index in [0.717, 1.165) is 28.7 Å². The predicted octanol–water partition coefficient (Wildman–Crippen LogP) is 4.18. The Bertz CT molecular complexity index is 802. The van der Waals surface area contributed by atoms with Crippen LogP contribution in [-0.4, -0.2) is 4.57 Å². The summed E-state index contributed by atoms with van der Waals surface area (Å²) in [5, 5.41) is 10.6. The zero-order valence-electron chi connectivity index (χ0n) is 11.7. The molecule has 0 aliphatic rings. The summed E-state index contributed by atoms with van der Waals surface area (Å²) >= 11 is 0. The van der Waals surface area contributed by atoms with Gasteiger partial charge in [-0.05, 0) is 31.0 Å². The minimum absolute atomic E-state index is 0.734. The first-order chi connectivity index (χ1) is 9.70. The molecule has 0 amide bonds. The Labute approximate surface area is 118 Å². The molecule has 1 heterocycles. The van der Waals surface area contributed by atoms with Gasteiger partial charge in [0.05, 0.1) is 0 Å². The molecule has 0 spiro atoms. The van der Waals surface area contributed by atoms with E-state index in [0.29, 0.717) is 0 Å². The van der Waals surface area contributed by atoms with Crippen LogP contribution in [0.2, 0.25) is 0 Å². The number of hydrogen-bond acceptors (Lipinski definition) is 1. The minimum Gasteiger partial charge on any atom is -0.328 e. The molecule has 0 N–H and O–H groups in total. The fraction of sp³-hybridized carbons (Fsp3) is 0.167. The van der Waals surface area contributed by atoms with Crippen LogP contribution in [0.15, 0.2) is 48.5 Å². The molecular weight excluding hydrogens is 244 g/mol. The number of fused-ring (bicyclic) bond motifs is 1. The van der Waals surface area contributed by atoms with E-state index in [4.69, 9.17) is 0 Å². The standard InChI is InChI=1S/C18H16N2/c1-13-7-9-15(10-8-13)12-20-17-6-4-3-5-16(17)14(2)18(20)11-19/h3-10H,12H2,1-2H3. The van der Waals surface area contributed by atoms with Crippen LogP contribution >= 0.6 is 0 Å². The Balaban J connectivity index is 2.15. The molecule has 2 nitrogen and oxygen atoms in total. The smallest absolute Gasteiger partial charge is 0.124 e. The third-order valence-corrected chi connectivity index (χ3v) is 3.79. The van der Waals surface area contributed by atoms with Gasteiger partial charge in [0.1, 0.15) is 11.8 Å². The van der Waals surface area contributed by atoms with Crippen molar-refractivity contribution in [1.29, 1.82) is 5.26 Å². The highest BCUT2D eigenvalue weighted by molar-refractivity contribution is 5.86. The average Bonchev–Trinajstić information content (AvgIpc) is 2.74. The van der Waals surface area contributed by atoms with Crippen LogP contribution in [0.5, 0.6) is 0 Å². The van der Waals surface area contributed by atoms with E-state index in [1.165, 1.54) is 11.1 Å². The quantitative estimate of drug-likeness (QED) is 0.679. The predicted molar refractivity (Wildman–Crippen MR) is 81.7 cm³/mol. The van der Waals surface area contributed by atoms with Gasteiger partial charge in [-0.15, -0.1) is 0 Å². The number of para-hydroxylation sites is 1. The van der Waals surface area contributed by atoms with E-state index in [1.807, 2.05) is 19.1 Å². The molecule has 1 aromatic heterocycles. The van der Waals surface area contributed by atoms with E-state index in [-0.39, 0.29) is 0 Å². The molecule has 0 bridgehead atoms. The first-order valence-corrected chi connectivity index (χ1v) is 6.74. The van der Waals surface area contributed by atoms with Crippen LogP contribution in [0.3, 0.4) is 0 Å². The summed E-state index contributed by atoms with van der Waals surface area (Å²) in [6.07, 6.45) is 0. The Kier molecular flexibility index (Phi) is 3.04. The monoisotopic (exact) mass is 260 g/mol. The van der Waals surface area contributed by atoms with Crippen molar-refractivity contribution in [2.45, 2.75) is 20.4 Å². The second-order valence-corrected chi connectivity index (χ2v) is 5.17. The molecule has 0 saturated carbocycles. The topological polar surface area (TPSA) is 28.7 Å². The lowest BCUT2D eigenvalue weighted by atomic mass is 10.1. The second-order valence-electron chi connectivity index (χ2n) is 5.17. The lowest BCUT2D eigenvalue weighted by Crippen LogP contribution is -2.02. The van der Waals surface area contributed by atoms with Crippen LogP contribution in [0, 0.1) is 25.2 Å². The highest BCUT2D eigenvalue weighted by Gasteiger charge is 2.13. The maximum Gasteiger partial charge on any atom is 0.124 e. The molecular formula is C18H16N2. The van der Waals surface area contributed by atoms with Crippen molar-refractivity contribution in [3.8, 4) is 6.07 Å². The van der Waals surface area contributed by atoms with Crippen molar-refractivity contribution in [3.63, 3.8) is 0 Å². The van der Waals surface area contributed by atoms with Crippen LogP contribution < -0.4 is 0 Å². The van der Waals surface area contributed by atoms with Gasteiger partial charge in [-0.1, -0.05) is 48.0 Å². The van der Waals surface area contributed by atoms with Gasteiger partial charge in [-0.2, -0.15) is 5.26 Å². The number of nitrogens with zero attached hydrogens (tertiary/aromatic N) is 2. The van der Waals surface area contributed by atoms with Crippen LogP contribution in [0.1, 0.15) is 22.4 Å². The lowest BCUT2D eigenvalue weighted by molar-refractivity contribution is 0.819. The van der Waals surface area contributed by atoms with E-state index in [2.05, 4.69) is 54.0 Å². The number of benzene rings is 2. The molecule has 20 heavy (non-hydrogen) atoms. The van der Waals surface area contributed by atoms with Gasteiger partial charge in [0, 0.05) is 17.4 Å². The summed E-state index contributed by atoms with van der Waals surface area (Å²) in [5.41, 5.74) is 5.42. The SMILES string of the molecule is Cc1ccc(Cn2c(C#N)c(C)c3ccccc32)cc1. The Morgan fingerprint density at radius 2 is 1.70 bits per heavy atom. The van der Waals surface area contributed by atoms with Gasteiger partial charge in [0.2, 0.25) is 0 Å². The molecule has 0 unspecified atom stereocenters. The molecule has 0 radical (unpaired) electrons. The maximum atomic E-state index is 9.45. The summed E-state index contributed by atoms with van der Waals surface area (Å²) in [7, 11) is 0. The third kappa shape index (κ3) is 1.98. The van der Waals surface area contributed by atoms with Crippen molar-refractivity contribution in [2.24, 2.45) is 0 Å². The first-order valence-electron chi connectivity index (χ1n) is 6.74. The van der Waals surface area contributed by atoms with Gasteiger partial charge >= 0.3 is 0 Å². The Morgan fingerprint density at radius 3 is 2.40 bits per heavy atom. The van der Waals surface area contributed by atoms with Crippen molar-refractivity contribution in [3.05, 3.63) is 70.9 Å². The highest BCUT2D eigenvalue weighted by Crippen LogP contribution is 2.26. The minimum atomic E-state index is 0.734. The van der Waals surface area contributed by atoms with Gasteiger partial charge in [0.25, 0.3) is 0 Å². The van der Waals surface area contributed by atoms with E-state index in [9.17, 15) is 5.26 Å². The zero-order valence-corrected chi connectivity index (χ0v) is 11.7. The van der Waals surface area contributed by atoms with Crippen molar-refractivity contribution < 1.29 is 0 Å². The molecule has 0 aliphatic carbocycles. The summed E-state index contributed by atoms with van der Waals surface area (Å²) in [5.74, 6) is 0. The van der Waals surface area contributed by atoms with Gasteiger partial charge < -0.3 is 4.57 Å². The maximum absolute atomic E-state index is 9.45. The molecule has 2 aromatic carbocycles. The fourth-order valence-corrected chi connectivity index (χ4v) is 2.66. The number of aromatic nitrogens is 1. The molecule has 3 rings (SSSR count). The van der Waals surface area contributed by atoms with Gasteiger partial charge in [0.15, 0.2) is 0 Å². The van der Waals surface area contributed by atoms with Crippen LogP contribution in [0.25, 0.3) is 10.9 Å². The van der Waals surface area contributed by atoms with Crippen molar-refractivity contribution >= 4 is 10.9 Å². The largest absolute Gasteiger partial charge is 0.328 e. The number of hydrogen-bond donors (Lipinski definition) is 0. The van der Waals surface area contributed by atoms with Crippen molar-refractivity contribution in [2.75, 3.05) is 0 Å². The normalized spacial score (nSPS) is 10.7. The van der Waals surface area contributed by atoms with Gasteiger partial charge in [-0.25, -0.2) is 0 Å². The molecule has 3 aromatic rings. The Hall–Kier alpha value is -2.53. The molecule has 0 atom stereocenters. The molecule has 0 fully saturated rings. The summed E-state index contributed by atoms with van der Waals surface area (Å²) in [6.45, 7) is 4.84. The van der Waals surface area contributed by atoms with E-state index >= 15 is 0 Å². The number of nitriles is 1. The highest BCUT2D eigenvalue weighted by atomic mass is 15.0. The van der Waals surface area contributed by atoms with Crippen LogP contribution in [-0.2, 0) is 6.54 Å². The fourth-order valence-electron chi connectivity index (χ4n) is 2.66. The van der Waals surface area contributed by atoms with E-state index in [1.54, 1.807) is 0 Å². The molecule has 0 aliphatic heterocycles. The summed E-state index contributed by atoms with van der Waals surface area (Å²) < 4.78 is 2.11. The first kappa shape index (κ1) is 12.5. The molecule has 2 heteroatoms. The zero-order chi connectivity index (χ0) is 14.1. The van der Waals surface area contributed by atoms with E-state index < -0.39 is 0 Å². The summed E-state index contributed by atoms with van der Waals surface area (Å²) in [4.78, 5) is 0. The van der Waals surface area contributed by atoms with Gasteiger partial charge in [-0.3, -0.25) is 0 Å². The lowest BCUT2D eigenvalue weighted by Gasteiger charge is -2.07. The average molecular weight is 260 g/mol. The number of aryl methyl sites for hydroxylation is 2. The summed E-state index contributed by atoms with van der Waals surface area (Å²) in [6, 6.07) is 19.0. The number of rotatable bonds is 2. The molecule has 0 saturated heterocycles. The second kappa shape index (κ2) is 4.86. The molecule has 98 valence electrons. The third-order valence-electron chi connectivity index (χ3n) is 3.79.